The molecule has 7 heteroatoms. The molecule has 0 amide bonds. The molecule has 0 aliphatic rings. The Morgan fingerprint density at radius 3 is 3.00 bits per heavy atom. The van der Waals surface area contributed by atoms with E-state index in [1.165, 1.54) is 6.33 Å². The van der Waals surface area contributed by atoms with Gasteiger partial charge in [0.25, 0.3) is 0 Å². The van der Waals surface area contributed by atoms with Gasteiger partial charge in [0.15, 0.2) is 15.8 Å². The molecule has 0 aliphatic heterocycles. The lowest BCUT2D eigenvalue weighted by Gasteiger charge is -2.09. The zero-order chi connectivity index (χ0) is 13.4. The highest BCUT2D eigenvalue weighted by molar-refractivity contribution is 7.71. The van der Waals surface area contributed by atoms with Crippen LogP contribution < -0.4 is 4.74 Å². The Kier molecular flexibility index (Phi) is 2.75. The minimum Gasteiger partial charge on any atom is -0.494 e. The second-order valence-electron chi connectivity index (χ2n) is 4.08. The summed E-state index contributed by atoms with van der Waals surface area (Å²) in [6.45, 7) is 2.01. The Bertz CT molecular complexity index is 807. The maximum absolute atomic E-state index is 5.36. The summed E-state index contributed by atoms with van der Waals surface area (Å²) < 4.78 is 7.45. The van der Waals surface area contributed by atoms with E-state index in [0.29, 0.717) is 21.6 Å². The summed E-state index contributed by atoms with van der Waals surface area (Å²) in [6, 6.07) is 5.85. The molecule has 0 bridgehead atoms. The van der Waals surface area contributed by atoms with Crippen molar-refractivity contribution in [3.63, 3.8) is 0 Å². The number of methoxy groups -OCH3 is 1. The van der Waals surface area contributed by atoms with E-state index in [2.05, 4.69) is 20.3 Å². The highest BCUT2D eigenvalue weighted by atomic mass is 32.1. The maximum atomic E-state index is 5.36. The zero-order valence-corrected chi connectivity index (χ0v) is 11.2. The molecule has 6 nitrogen and oxygen atoms in total. The van der Waals surface area contributed by atoms with E-state index in [1.54, 1.807) is 11.8 Å². The van der Waals surface area contributed by atoms with Gasteiger partial charge < -0.3 is 9.72 Å². The molecular weight excluding hydrogens is 262 g/mol. The lowest BCUT2D eigenvalue weighted by molar-refractivity contribution is 0.411. The quantitative estimate of drug-likeness (QED) is 0.725. The van der Waals surface area contributed by atoms with Crippen LogP contribution in [0.4, 0.5) is 0 Å². The Hall–Kier alpha value is -2.28. The molecule has 1 aromatic carbocycles. The molecule has 0 saturated carbocycles. The SMILES string of the molecule is COc1ccc(C)cc1-n1nnc2c(=S)nc[nH]c21. The van der Waals surface area contributed by atoms with Gasteiger partial charge in [0.05, 0.1) is 13.4 Å². The summed E-state index contributed by atoms with van der Waals surface area (Å²) >= 11 is 5.13. The third-order valence-electron chi connectivity index (χ3n) is 2.82. The van der Waals surface area contributed by atoms with Crippen LogP contribution in [0.15, 0.2) is 24.5 Å². The molecule has 0 fully saturated rings. The summed E-state index contributed by atoms with van der Waals surface area (Å²) in [5.74, 6) is 0.716. The minimum atomic E-state index is 0.423. The number of rotatable bonds is 2. The highest BCUT2D eigenvalue weighted by Gasteiger charge is 2.12. The average molecular weight is 273 g/mol. The van der Waals surface area contributed by atoms with Crippen molar-refractivity contribution in [2.75, 3.05) is 7.11 Å². The Labute approximate surface area is 114 Å². The third-order valence-corrected chi connectivity index (χ3v) is 3.12. The van der Waals surface area contributed by atoms with Crippen LogP contribution in [-0.2, 0) is 0 Å². The number of H-pyrrole nitrogens is 1. The van der Waals surface area contributed by atoms with Crippen LogP contribution >= 0.6 is 12.2 Å². The molecule has 96 valence electrons. The van der Waals surface area contributed by atoms with Gasteiger partial charge >= 0.3 is 0 Å². The van der Waals surface area contributed by atoms with E-state index in [-0.39, 0.29) is 0 Å². The van der Waals surface area contributed by atoms with Gasteiger partial charge in [0.1, 0.15) is 11.4 Å². The smallest absolute Gasteiger partial charge is 0.167 e. The molecule has 3 rings (SSSR count). The molecule has 19 heavy (non-hydrogen) atoms. The number of fused-ring (bicyclic) bond motifs is 1. The van der Waals surface area contributed by atoms with Crippen molar-refractivity contribution in [3.8, 4) is 11.4 Å². The topological polar surface area (TPSA) is 68.6 Å². The summed E-state index contributed by atoms with van der Waals surface area (Å²) in [6.07, 6.45) is 1.53. The number of aromatic nitrogens is 5. The molecule has 0 aliphatic carbocycles. The van der Waals surface area contributed by atoms with E-state index in [4.69, 9.17) is 17.0 Å². The molecule has 3 aromatic rings. The average Bonchev–Trinajstić information content (AvgIpc) is 2.84. The Morgan fingerprint density at radius 2 is 2.21 bits per heavy atom. The monoisotopic (exact) mass is 273 g/mol. The molecule has 1 N–H and O–H groups in total. The number of hydrogen-bond acceptors (Lipinski definition) is 5. The van der Waals surface area contributed by atoms with Gasteiger partial charge in [0.2, 0.25) is 0 Å². The molecule has 0 saturated heterocycles. The van der Waals surface area contributed by atoms with Crippen LogP contribution in [0.3, 0.4) is 0 Å². The van der Waals surface area contributed by atoms with E-state index >= 15 is 0 Å². The molecule has 2 heterocycles. The van der Waals surface area contributed by atoms with Crippen LogP contribution in [0.1, 0.15) is 5.56 Å². The summed E-state index contributed by atoms with van der Waals surface area (Å²) in [7, 11) is 1.62. The van der Waals surface area contributed by atoms with E-state index in [0.717, 1.165) is 11.3 Å². The maximum Gasteiger partial charge on any atom is 0.167 e. The van der Waals surface area contributed by atoms with Gasteiger partial charge in [-0.05, 0) is 24.6 Å². The Morgan fingerprint density at radius 1 is 1.37 bits per heavy atom. The van der Waals surface area contributed by atoms with Crippen molar-refractivity contribution in [2.24, 2.45) is 0 Å². The predicted octanol–water partition coefficient (Wildman–Crippen LogP) is 2.19. The van der Waals surface area contributed by atoms with Crippen molar-refractivity contribution in [1.29, 1.82) is 0 Å². The first kappa shape index (κ1) is 11.8. The number of aromatic amines is 1. The van der Waals surface area contributed by atoms with Gasteiger partial charge in [-0.2, -0.15) is 4.68 Å². The lowest BCUT2D eigenvalue weighted by atomic mass is 10.2. The van der Waals surface area contributed by atoms with E-state index in [9.17, 15) is 0 Å². The molecule has 0 radical (unpaired) electrons. The highest BCUT2D eigenvalue weighted by Crippen LogP contribution is 2.25. The normalized spacial score (nSPS) is 10.8. The van der Waals surface area contributed by atoms with Crippen molar-refractivity contribution < 1.29 is 4.74 Å². The van der Waals surface area contributed by atoms with Crippen molar-refractivity contribution in [2.45, 2.75) is 6.92 Å². The lowest BCUT2D eigenvalue weighted by Crippen LogP contribution is -2.01. The van der Waals surface area contributed by atoms with E-state index < -0.39 is 0 Å². The second-order valence-corrected chi connectivity index (χ2v) is 4.47. The molecule has 0 unspecified atom stereocenters. The van der Waals surface area contributed by atoms with Crippen LogP contribution in [-0.4, -0.2) is 32.1 Å². The number of hydrogen-bond donors (Lipinski definition) is 1. The first-order valence-corrected chi connectivity index (χ1v) is 6.05. The molecular formula is C12H11N5OS. The number of ether oxygens (including phenoxy) is 1. The van der Waals surface area contributed by atoms with Crippen molar-refractivity contribution in [3.05, 3.63) is 34.7 Å². The fourth-order valence-electron chi connectivity index (χ4n) is 1.90. The van der Waals surface area contributed by atoms with Crippen molar-refractivity contribution >= 4 is 23.4 Å². The van der Waals surface area contributed by atoms with Crippen LogP contribution in [0.5, 0.6) is 5.75 Å². The summed E-state index contributed by atoms with van der Waals surface area (Å²) in [4.78, 5) is 7.00. The first-order valence-electron chi connectivity index (χ1n) is 5.65. The Balaban J connectivity index is 2.33. The minimum absolute atomic E-state index is 0.423. The number of aryl methyl sites for hydroxylation is 1. The third kappa shape index (κ3) is 1.88. The molecule has 0 atom stereocenters. The van der Waals surface area contributed by atoms with Gasteiger partial charge in [-0.25, -0.2) is 4.98 Å². The summed E-state index contributed by atoms with van der Waals surface area (Å²) in [5, 5.41) is 8.18. The number of nitrogens with zero attached hydrogens (tertiary/aromatic N) is 4. The fourth-order valence-corrected chi connectivity index (χ4v) is 2.09. The fraction of sp³-hybridized carbons (Fsp3) is 0.167. The van der Waals surface area contributed by atoms with Crippen molar-refractivity contribution in [1.82, 2.24) is 25.0 Å². The van der Waals surface area contributed by atoms with Crippen LogP contribution in [0, 0.1) is 11.6 Å². The van der Waals surface area contributed by atoms with Gasteiger partial charge in [-0.1, -0.05) is 23.5 Å². The summed E-state index contributed by atoms with van der Waals surface area (Å²) in [5.41, 5.74) is 3.18. The van der Waals surface area contributed by atoms with E-state index in [1.807, 2.05) is 25.1 Å². The number of benzene rings is 1. The van der Waals surface area contributed by atoms with Gasteiger partial charge in [-0.3, -0.25) is 0 Å². The molecule has 2 aromatic heterocycles. The standard InChI is InChI=1S/C12H11N5OS/c1-7-3-4-9(18-2)8(5-7)17-11-10(15-16-17)12(19)14-6-13-11/h3-6H,1-2H3,(H,13,14,19). The zero-order valence-electron chi connectivity index (χ0n) is 10.4. The van der Waals surface area contributed by atoms with Crippen LogP contribution in [0.25, 0.3) is 16.9 Å². The van der Waals surface area contributed by atoms with Crippen LogP contribution in [0.2, 0.25) is 0 Å². The second kappa shape index (κ2) is 4.43. The predicted molar refractivity (Wildman–Crippen MR) is 73.1 cm³/mol. The van der Waals surface area contributed by atoms with Gasteiger partial charge in [0, 0.05) is 0 Å². The van der Waals surface area contributed by atoms with Gasteiger partial charge in [-0.15, -0.1) is 5.10 Å². The first-order chi connectivity index (χ1) is 9.20. The molecule has 0 spiro atoms. The number of nitrogens with one attached hydrogen (secondary N) is 1. The largest absolute Gasteiger partial charge is 0.494 e.